The molecule has 1 aromatic heterocycles. The van der Waals surface area contributed by atoms with Crippen molar-refractivity contribution in [1.29, 1.82) is 0 Å². The van der Waals surface area contributed by atoms with Gasteiger partial charge < -0.3 is 4.74 Å². The summed E-state index contributed by atoms with van der Waals surface area (Å²) >= 11 is 3.42. The Morgan fingerprint density at radius 3 is 2.76 bits per heavy atom. The van der Waals surface area contributed by atoms with Crippen LogP contribution < -0.4 is 4.74 Å². The maximum absolute atomic E-state index is 5.66. The van der Waals surface area contributed by atoms with Crippen molar-refractivity contribution in [3.05, 3.63) is 46.2 Å². The van der Waals surface area contributed by atoms with Crippen LogP contribution in [0.4, 0.5) is 0 Å². The summed E-state index contributed by atoms with van der Waals surface area (Å²) in [5.41, 5.74) is 2.21. The molecule has 0 amide bonds. The van der Waals surface area contributed by atoms with E-state index in [4.69, 9.17) is 4.74 Å². The van der Waals surface area contributed by atoms with Crippen LogP contribution in [-0.2, 0) is 6.54 Å². The van der Waals surface area contributed by atoms with Crippen molar-refractivity contribution in [2.75, 3.05) is 6.61 Å². The zero-order valence-corrected chi connectivity index (χ0v) is 11.6. The molecule has 0 N–H and O–H groups in total. The lowest BCUT2D eigenvalue weighted by atomic mass is 10.3. The molecule has 90 valence electrons. The van der Waals surface area contributed by atoms with Gasteiger partial charge in [0.05, 0.1) is 12.2 Å². The van der Waals surface area contributed by atoms with E-state index >= 15 is 0 Å². The predicted molar refractivity (Wildman–Crippen MR) is 71.3 cm³/mol. The Balaban J connectivity index is 1.89. The van der Waals surface area contributed by atoms with E-state index in [0.29, 0.717) is 6.61 Å². The number of rotatable bonds is 4. The minimum Gasteiger partial charge on any atom is -0.492 e. The lowest BCUT2D eigenvalue weighted by Crippen LogP contribution is -2.10. The molecular formula is C13H15BrN2O. The SMILES string of the molecule is Cc1cc(C)n(CCOc2cccc(Br)c2)n1. The Hall–Kier alpha value is -1.29. The van der Waals surface area contributed by atoms with Crippen LogP contribution in [0, 0.1) is 13.8 Å². The summed E-state index contributed by atoms with van der Waals surface area (Å²) in [5, 5.41) is 4.39. The number of hydrogen-bond acceptors (Lipinski definition) is 2. The van der Waals surface area contributed by atoms with Crippen LogP contribution in [0.3, 0.4) is 0 Å². The average molecular weight is 295 g/mol. The third-order valence-electron chi connectivity index (χ3n) is 2.47. The molecule has 0 bridgehead atoms. The average Bonchev–Trinajstić information content (AvgIpc) is 2.58. The number of nitrogens with zero attached hydrogens (tertiary/aromatic N) is 2. The first-order valence-corrected chi connectivity index (χ1v) is 6.34. The van der Waals surface area contributed by atoms with E-state index in [1.165, 1.54) is 5.69 Å². The van der Waals surface area contributed by atoms with Crippen LogP contribution in [0.2, 0.25) is 0 Å². The van der Waals surface area contributed by atoms with E-state index in [9.17, 15) is 0 Å². The second-order valence-electron chi connectivity index (χ2n) is 3.96. The minimum absolute atomic E-state index is 0.623. The Morgan fingerprint density at radius 1 is 1.29 bits per heavy atom. The molecule has 0 atom stereocenters. The zero-order valence-electron chi connectivity index (χ0n) is 9.98. The van der Waals surface area contributed by atoms with Crippen LogP contribution in [0.25, 0.3) is 0 Å². The fraction of sp³-hybridized carbons (Fsp3) is 0.308. The largest absolute Gasteiger partial charge is 0.492 e. The molecule has 2 aromatic rings. The maximum Gasteiger partial charge on any atom is 0.120 e. The Kier molecular flexibility index (Phi) is 3.84. The molecule has 0 saturated heterocycles. The van der Waals surface area contributed by atoms with Gasteiger partial charge in [-0.15, -0.1) is 0 Å². The highest BCUT2D eigenvalue weighted by Crippen LogP contribution is 2.17. The summed E-state index contributed by atoms with van der Waals surface area (Å²) in [6.07, 6.45) is 0. The Morgan fingerprint density at radius 2 is 2.12 bits per heavy atom. The van der Waals surface area contributed by atoms with Gasteiger partial charge in [0.25, 0.3) is 0 Å². The molecule has 0 fully saturated rings. The van der Waals surface area contributed by atoms with Gasteiger partial charge in [0, 0.05) is 10.2 Å². The molecule has 3 nitrogen and oxygen atoms in total. The number of halogens is 1. The van der Waals surface area contributed by atoms with Gasteiger partial charge in [0.15, 0.2) is 0 Å². The van der Waals surface area contributed by atoms with E-state index < -0.39 is 0 Å². The lowest BCUT2D eigenvalue weighted by Gasteiger charge is -2.07. The van der Waals surface area contributed by atoms with E-state index in [-0.39, 0.29) is 0 Å². The highest BCUT2D eigenvalue weighted by molar-refractivity contribution is 9.10. The molecule has 17 heavy (non-hydrogen) atoms. The molecule has 0 aliphatic carbocycles. The molecule has 0 unspecified atom stereocenters. The third kappa shape index (κ3) is 3.33. The first kappa shape index (κ1) is 12.2. The summed E-state index contributed by atoms with van der Waals surface area (Å²) < 4.78 is 8.66. The summed E-state index contributed by atoms with van der Waals surface area (Å²) in [5.74, 6) is 0.876. The summed E-state index contributed by atoms with van der Waals surface area (Å²) in [6.45, 7) is 5.45. The van der Waals surface area contributed by atoms with Crippen molar-refractivity contribution in [1.82, 2.24) is 9.78 Å². The van der Waals surface area contributed by atoms with Gasteiger partial charge >= 0.3 is 0 Å². The number of ether oxygens (including phenoxy) is 1. The highest BCUT2D eigenvalue weighted by Gasteiger charge is 2.01. The van der Waals surface area contributed by atoms with E-state index in [0.717, 1.165) is 22.5 Å². The van der Waals surface area contributed by atoms with Gasteiger partial charge in [-0.25, -0.2) is 0 Å². The molecule has 1 aromatic carbocycles. The Bertz CT molecular complexity index is 508. The van der Waals surface area contributed by atoms with Gasteiger partial charge in [-0.2, -0.15) is 5.10 Å². The summed E-state index contributed by atoms with van der Waals surface area (Å²) in [7, 11) is 0. The smallest absolute Gasteiger partial charge is 0.120 e. The number of aromatic nitrogens is 2. The zero-order chi connectivity index (χ0) is 12.3. The van der Waals surface area contributed by atoms with Crippen molar-refractivity contribution in [2.45, 2.75) is 20.4 Å². The number of aryl methyl sites for hydroxylation is 2. The summed E-state index contributed by atoms with van der Waals surface area (Å²) in [6, 6.07) is 9.92. The van der Waals surface area contributed by atoms with E-state index in [2.05, 4.69) is 34.0 Å². The molecule has 0 spiro atoms. The predicted octanol–water partition coefficient (Wildman–Crippen LogP) is 3.34. The maximum atomic E-state index is 5.66. The standard InChI is InChI=1S/C13H15BrN2O/c1-10-8-11(2)16(15-10)6-7-17-13-5-3-4-12(14)9-13/h3-5,8-9H,6-7H2,1-2H3. The molecular weight excluding hydrogens is 280 g/mol. The second kappa shape index (κ2) is 5.36. The van der Waals surface area contributed by atoms with Crippen LogP contribution in [-0.4, -0.2) is 16.4 Å². The van der Waals surface area contributed by atoms with Gasteiger partial charge in [-0.05, 0) is 38.1 Å². The van der Waals surface area contributed by atoms with Gasteiger partial charge in [0.1, 0.15) is 12.4 Å². The van der Waals surface area contributed by atoms with Crippen LogP contribution in [0.5, 0.6) is 5.75 Å². The molecule has 2 rings (SSSR count). The van der Waals surface area contributed by atoms with Crippen molar-refractivity contribution >= 4 is 15.9 Å². The van der Waals surface area contributed by atoms with Crippen LogP contribution >= 0.6 is 15.9 Å². The molecule has 1 heterocycles. The first-order chi connectivity index (χ1) is 8.15. The fourth-order valence-corrected chi connectivity index (χ4v) is 2.09. The highest BCUT2D eigenvalue weighted by atomic mass is 79.9. The van der Waals surface area contributed by atoms with Crippen molar-refractivity contribution in [2.24, 2.45) is 0 Å². The molecule has 0 saturated carbocycles. The molecule has 0 aliphatic heterocycles. The number of hydrogen-bond donors (Lipinski definition) is 0. The minimum atomic E-state index is 0.623. The first-order valence-electron chi connectivity index (χ1n) is 5.54. The van der Waals surface area contributed by atoms with Crippen molar-refractivity contribution in [3.63, 3.8) is 0 Å². The van der Waals surface area contributed by atoms with E-state index in [1.807, 2.05) is 35.9 Å². The van der Waals surface area contributed by atoms with Crippen molar-refractivity contribution in [3.8, 4) is 5.75 Å². The second-order valence-corrected chi connectivity index (χ2v) is 4.87. The normalized spacial score (nSPS) is 10.5. The monoisotopic (exact) mass is 294 g/mol. The number of benzene rings is 1. The van der Waals surface area contributed by atoms with Crippen LogP contribution in [0.15, 0.2) is 34.8 Å². The van der Waals surface area contributed by atoms with Crippen molar-refractivity contribution < 1.29 is 4.74 Å². The third-order valence-corrected chi connectivity index (χ3v) is 2.96. The van der Waals surface area contributed by atoms with Gasteiger partial charge in [0.2, 0.25) is 0 Å². The van der Waals surface area contributed by atoms with Crippen LogP contribution in [0.1, 0.15) is 11.4 Å². The molecule has 0 radical (unpaired) electrons. The Labute approximate surface area is 110 Å². The molecule has 0 aliphatic rings. The quantitative estimate of drug-likeness (QED) is 0.865. The van der Waals surface area contributed by atoms with E-state index in [1.54, 1.807) is 0 Å². The fourth-order valence-electron chi connectivity index (χ4n) is 1.71. The lowest BCUT2D eigenvalue weighted by molar-refractivity contribution is 0.289. The topological polar surface area (TPSA) is 27.1 Å². The summed E-state index contributed by atoms with van der Waals surface area (Å²) in [4.78, 5) is 0. The van der Waals surface area contributed by atoms with Gasteiger partial charge in [-0.3, -0.25) is 4.68 Å². The van der Waals surface area contributed by atoms with Gasteiger partial charge in [-0.1, -0.05) is 22.0 Å². The molecule has 4 heteroatoms.